The van der Waals surface area contributed by atoms with Crippen molar-refractivity contribution in [1.29, 1.82) is 0 Å². The van der Waals surface area contributed by atoms with Gasteiger partial charge in [-0.3, -0.25) is 0 Å². The standard InChI is InChI=1S/2C12H11.2ClH.Zr/c2*1-2-5-10-8-9-11-6-3-4-7-12(10)11;;;/h2*2-4,6-9H,1,5H2;2*1H;. The summed E-state index contributed by atoms with van der Waals surface area (Å²) in [5, 5.41) is 0. The molecule has 0 aliphatic heterocycles. The average Bonchev–Trinajstić information content (AvgIpc) is 3.17. The minimum atomic E-state index is -0.974. The Balaban J connectivity index is 0.00000131. The van der Waals surface area contributed by atoms with Crippen LogP contribution in [-0.2, 0) is 29.5 Å². The summed E-state index contributed by atoms with van der Waals surface area (Å²) < 4.78 is 0.346. The number of hydrogen-bond acceptors (Lipinski definition) is 0. The Bertz CT molecular complexity index is 825. The molecule has 27 heavy (non-hydrogen) atoms. The zero-order valence-corrected chi connectivity index (χ0v) is 19.3. The van der Waals surface area contributed by atoms with Gasteiger partial charge in [-0.2, -0.15) is 0 Å². The zero-order chi connectivity index (χ0) is 17.3. The van der Waals surface area contributed by atoms with E-state index >= 15 is 0 Å². The van der Waals surface area contributed by atoms with Crippen LogP contribution in [0.2, 0.25) is 0 Å². The summed E-state index contributed by atoms with van der Waals surface area (Å²) in [4.78, 5) is 0. The van der Waals surface area contributed by atoms with Crippen molar-refractivity contribution in [2.45, 2.75) is 19.1 Å². The van der Waals surface area contributed by atoms with Crippen molar-refractivity contribution in [3.8, 4) is 0 Å². The van der Waals surface area contributed by atoms with E-state index in [1.165, 1.54) is 22.3 Å². The van der Waals surface area contributed by atoms with Gasteiger partial charge >= 0.3 is 163 Å². The van der Waals surface area contributed by atoms with Crippen molar-refractivity contribution in [2.24, 2.45) is 0 Å². The molecule has 3 heteroatoms. The first kappa shape index (κ1) is 22.2. The minimum absolute atomic E-state index is 0. The summed E-state index contributed by atoms with van der Waals surface area (Å²) in [5.74, 6) is 0. The number of fused-ring (bicyclic) bond motifs is 2. The van der Waals surface area contributed by atoms with Gasteiger partial charge in [0.1, 0.15) is 0 Å². The zero-order valence-electron chi connectivity index (χ0n) is 15.2. The van der Waals surface area contributed by atoms with E-state index in [2.05, 4.69) is 98.1 Å². The molecule has 4 rings (SSSR count). The molecule has 2 atom stereocenters. The van der Waals surface area contributed by atoms with Gasteiger partial charge in [0.25, 0.3) is 0 Å². The van der Waals surface area contributed by atoms with Crippen LogP contribution in [0.15, 0.2) is 86.0 Å². The summed E-state index contributed by atoms with van der Waals surface area (Å²) in [5.41, 5.74) is 5.77. The molecule has 0 fully saturated rings. The molecule has 0 N–H and O–H groups in total. The Morgan fingerprint density at radius 2 is 1.11 bits per heavy atom. The number of rotatable bonds is 6. The van der Waals surface area contributed by atoms with E-state index in [4.69, 9.17) is 0 Å². The van der Waals surface area contributed by atoms with Crippen molar-refractivity contribution < 1.29 is 23.2 Å². The fourth-order valence-electron chi connectivity index (χ4n) is 4.27. The topological polar surface area (TPSA) is 0 Å². The second kappa shape index (κ2) is 8.91. The van der Waals surface area contributed by atoms with Gasteiger partial charge in [0.2, 0.25) is 0 Å². The van der Waals surface area contributed by atoms with Crippen LogP contribution >= 0.6 is 24.8 Å². The molecule has 2 aromatic rings. The van der Waals surface area contributed by atoms with E-state index in [1.807, 2.05) is 0 Å². The molecule has 0 spiro atoms. The second-order valence-electron chi connectivity index (χ2n) is 6.89. The van der Waals surface area contributed by atoms with Crippen LogP contribution in [0.1, 0.15) is 35.1 Å². The first-order chi connectivity index (χ1) is 12.2. The van der Waals surface area contributed by atoms with Gasteiger partial charge in [0, 0.05) is 0 Å². The Morgan fingerprint density at radius 3 is 1.52 bits per heavy atom. The third-order valence-corrected chi connectivity index (χ3v) is 10.7. The smallest absolute Gasteiger partial charge is 0.147 e. The van der Waals surface area contributed by atoms with Gasteiger partial charge in [0.05, 0.1) is 0 Å². The molecule has 0 bridgehead atoms. The molecule has 2 unspecified atom stereocenters. The first-order valence-electron chi connectivity index (χ1n) is 8.82. The van der Waals surface area contributed by atoms with Crippen LogP contribution in [0.4, 0.5) is 0 Å². The Hall–Kier alpha value is -1.14. The fraction of sp³-hybridized carbons (Fsp3) is 0.167. The van der Waals surface area contributed by atoms with E-state index in [1.54, 1.807) is 0 Å². The van der Waals surface area contributed by atoms with Crippen molar-refractivity contribution in [2.75, 3.05) is 0 Å². The third kappa shape index (κ3) is 3.75. The average molecular weight is 475 g/mol. The maximum absolute atomic E-state index is 4.08. The van der Waals surface area contributed by atoms with E-state index < -0.39 is 23.2 Å². The summed E-state index contributed by atoms with van der Waals surface area (Å²) >= 11 is -0.974. The van der Waals surface area contributed by atoms with Crippen LogP contribution in [0.5, 0.6) is 0 Å². The quantitative estimate of drug-likeness (QED) is 0.399. The van der Waals surface area contributed by atoms with E-state index in [-0.39, 0.29) is 31.1 Å². The molecule has 0 radical (unpaired) electrons. The summed E-state index contributed by atoms with van der Waals surface area (Å²) in [6, 6.07) is 17.8. The second-order valence-corrected chi connectivity index (χ2v) is 11.9. The van der Waals surface area contributed by atoms with Gasteiger partial charge in [-0.15, -0.1) is 24.8 Å². The Labute approximate surface area is 186 Å². The molecule has 138 valence electrons. The maximum atomic E-state index is 4.08. The van der Waals surface area contributed by atoms with Crippen molar-refractivity contribution in [3.05, 3.63) is 108 Å². The molecular weight excluding hydrogens is 450 g/mol. The maximum Gasteiger partial charge on any atom is -0.147 e. The molecule has 2 aliphatic rings. The van der Waals surface area contributed by atoms with Gasteiger partial charge in [0.15, 0.2) is 0 Å². The molecule has 0 saturated heterocycles. The van der Waals surface area contributed by atoms with Gasteiger partial charge in [-0.25, -0.2) is 0 Å². The van der Waals surface area contributed by atoms with Gasteiger partial charge in [-0.05, 0) is 0 Å². The van der Waals surface area contributed by atoms with Crippen LogP contribution in [0.3, 0.4) is 0 Å². The SMILES string of the molecule is C=CC[C]1([Zr][C]2(CC=C)C=Cc3ccccc32)C=Cc2ccccc21.Cl.Cl. The molecule has 0 aromatic heterocycles. The van der Waals surface area contributed by atoms with Crippen molar-refractivity contribution in [3.63, 3.8) is 0 Å². The van der Waals surface area contributed by atoms with E-state index in [0.29, 0.717) is 0 Å². The van der Waals surface area contributed by atoms with Crippen molar-refractivity contribution >= 4 is 37.0 Å². The molecule has 0 saturated carbocycles. The summed E-state index contributed by atoms with van der Waals surface area (Å²) in [6.45, 7) is 8.17. The normalized spacial score (nSPS) is 23.6. The first-order valence-corrected chi connectivity index (χ1v) is 11.3. The van der Waals surface area contributed by atoms with Crippen LogP contribution in [0.25, 0.3) is 12.2 Å². The van der Waals surface area contributed by atoms with Crippen molar-refractivity contribution in [1.82, 2.24) is 0 Å². The van der Waals surface area contributed by atoms with E-state index in [9.17, 15) is 0 Å². The summed E-state index contributed by atoms with van der Waals surface area (Å²) in [7, 11) is 0. The Kier molecular flexibility index (Phi) is 7.31. The van der Waals surface area contributed by atoms with E-state index in [0.717, 1.165) is 12.8 Å². The molecule has 0 heterocycles. The fourth-order valence-corrected chi connectivity index (χ4v) is 10.0. The molecule has 0 amide bonds. The predicted molar refractivity (Wildman–Crippen MR) is 118 cm³/mol. The van der Waals surface area contributed by atoms with Crippen LogP contribution in [-0.4, -0.2) is 0 Å². The number of halogens is 2. The number of benzene rings is 2. The molecule has 0 nitrogen and oxygen atoms in total. The molecular formula is C24H24Cl2Zr. The number of hydrogen-bond donors (Lipinski definition) is 0. The molecule has 2 aliphatic carbocycles. The van der Waals surface area contributed by atoms with Crippen LogP contribution in [0, 0.1) is 0 Å². The molecule has 2 aromatic carbocycles. The third-order valence-electron chi connectivity index (χ3n) is 5.36. The Morgan fingerprint density at radius 1 is 0.704 bits per heavy atom. The van der Waals surface area contributed by atoms with Crippen LogP contribution < -0.4 is 0 Å². The minimum Gasteiger partial charge on any atom is -0.147 e. The van der Waals surface area contributed by atoms with Gasteiger partial charge in [-0.1, -0.05) is 0 Å². The number of allylic oxidation sites excluding steroid dienone is 4. The summed E-state index contributed by atoms with van der Waals surface area (Å²) in [6.07, 6.45) is 15.9. The largest absolute Gasteiger partial charge is 0.147 e. The predicted octanol–water partition coefficient (Wildman–Crippen LogP) is 6.91. The van der Waals surface area contributed by atoms with Gasteiger partial charge < -0.3 is 0 Å². The monoisotopic (exact) mass is 472 g/mol.